The van der Waals surface area contributed by atoms with Crippen molar-refractivity contribution in [1.82, 2.24) is 10.2 Å². The Balaban J connectivity index is 1.75. The second-order valence-corrected chi connectivity index (χ2v) is 9.73. The first-order valence-electron chi connectivity index (χ1n) is 12.0. The van der Waals surface area contributed by atoms with E-state index in [1.165, 1.54) is 17.8 Å². The van der Waals surface area contributed by atoms with Crippen LogP contribution in [0.25, 0.3) is 0 Å². The highest BCUT2D eigenvalue weighted by atomic mass is 32.1. The molecule has 35 heavy (non-hydrogen) atoms. The molecule has 7 heteroatoms. The Hall–Kier alpha value is -3.32. The zero-order valence-electron chi connectivity index (χ0n) is 20.2. The lowest BCUT2D eigenvalue weighted by atomic mass is 9.94. The minimum Gasteiger partial charge on any atom is -0.497 e. The van der Waals surface area contributed by atoms with E-state index < -0.39 is 6.04 Å². The minimum atomic E-state index is -0.812. The Kier molecular flexibility index (Phi) is 8.42. The molecule has 1 heterocycles. The van der Waals surface area contributed by atoms with Crippen molar-refractivity contribution in [2.45, 2.75) is 50.7 Å². The van der Waals surface area contributed by atoms with Gasteiger partial charge in [-0.05, 0) is 59.7 Å². The third-order valence-electron chi connectivity index (χ3n) is 6.40. The van der Waals surface area contributed by atoms with Gasteiger partial charge in [-0.25, -0.2) is 0 Å². The Labute approximate surface area is 210 Å². The van der Waals surface area contributed by atoms with Gasteiger partial charge in [-0.3, -0.25) is 9.59 Å². The molecule has 1 aliphatic rings. The maximum absolute atomic E-state index is 13.9. The van der Waals surface area contributed by atoms with Crippen molar-refractivity contribution in [3.8, 4) is 11.5 Å². The molecule has 0 aliphatic heterocycles. The molecule has 3 aromatic rings. The summed E-state index contributed by atoms with van der Waals surface area (Å²) in [5.41, 5.74) is 1.60. The van der Waals surface area contributed by atoms with Crippen molar-refractivity contribution in [2.75, 3.05) is 14.2 Å². The number of carbonyl (C=O) groups excluding carboxylic acids is 2. The topological polar surface area (TPSA) is 67.9 Å². The van der Waals surface area contributed by atoms with Crippen LogP contribution in [0.15, 0.2) is 66.0 Å². The molecular formula is C28H32N2O4S. The van der Waals surface area contributed by atoms with E-state index in [9.17, 15) is 9.59 Å². The van der Waals surface area contributed by atoms with E-state index >= 15 is 0 Å². The van der Waals surface area contributed by atoms with Crippen molar-refractivity contribution in [2.24, 2.45) is 0 Å². The minimum absolute atomic E-state index is 0.125. The highest BCUT2D eigenvalue weighted by Gasteiger charge is 2.34. The van der Waals surface area contributed by atoms with Gasteiger partial charge >= 0.3 is 0 Å². The molecule has 1 atom stereocenters. The second kappa shape index (κ2) is 11.9. The van der Waals surface area contributed by atoms with Gasteiger partial charge in [0.05, 0.1) is 19.1 Å². The molecule has 4 rings (SSSR count). The van der Waals surface area contributed by atoms with Crippen molar-refractivity contribution in [3.05, 3.63) is 82.0 Å². The van der Waals surface area contributed by atoms with Gasteiger partial charge in [0.15, 0.2) is 0 Å². The molecule has 0 saturated heterocycles. The standard InChI is InChI=1S/C28H32N2O4S/c1-33-23-13-6-9-20(17-23)19-30(28(32)25-15-8-16-35-25)26(21-10-7-14-24(18-21)34-2)27(31)29-22-11-4-3-5-12-22/h6-10,13-18,22,26H,3-5,11-12,19H2,1-2H3,(H,29,31). The smallest absolute Gasteiger partial charge is 0.265 e. The van der Waals surface area contributed by atoms with Crippen LogP contribution in [0.3, 0.4) is 0 Å². The summed E-state index contributed by atoms with van der Waals surface area (Å²) in [6.45, 7) is 0.258. The fraction of sp³-hybridized carbons (Fsp3) is 0.357. The van der Waals surface area contributed by atoms with Gasteiger partial charge in [0.1, 0.15) is 17.5 Å². The van der Waals surface area contributed by atoms with E-state index in [0.29, 0.717) is 21.9 Å². The number of thiophene rings is 1. The summed E-state index contributed by atoms with van der Waals surface area (Å²) in [6.07, 6.45) is 5.34. The number of rotatable bonds is 9. The molecule has 0 bridgehead atoms. The van der Waals surface area contributed by atoms with Crippen LogP contribution < -0.4 is 14.8 Å². The molecule has 1 saturated carbocycles. The Bertz CT molecular complexity index is 1130. The van der Waals surface area contributed by atoms with Gasteiger partial charge in [0.2, 0.25) is 5.91 Å². The fourth-order valence-electron chi connectivity index (χ4n) is 4.60. The van der Waals surface area contributed by atoms with Crippen molar-refractivity contribution in [3.63, 3.8) is 0 Å². The molecule has 0 spiro atoms. The largest absolute Gasteiger partial charge is 0.497 e. The fourth-order valence-corrected chi connectivity index (χ4v) is 5.28. The molecular weight excluding hydrogens is 460 g/mol. The Morgan fingerprint density at radius 1 is 0.971 bits per heavy atom. The van der Waals surface area contributed by atoms with E-state index in [-0.39, 0.29) is 24.4 Å². The number of ether oxygens (including phenoxy) is 2. The van der Waals surface area contributed by atoms with E-state index in [2.05, 4.69) is 5.32 Å². The zero-order chi connectivity index (χ0) is 24.6. The first-order chi connectivity index (χ1) is 17.1. The van der Waals surface area contributed by atoms with E-state index in [4.69, 9.17) is 9.47 Å². The molecule has 184 valence electrons. The molecule has 1 N–H and O–H groups in total. The summed E-state index contributed by atoms with van der Waals surface area (Å²) in [7, 11) is 3.21. The first-order valence-corrected chi connectivity index (χ1v) is 12.9. The van der Waals surface area contributed by atoms with Crippen LogP contribution in [-0.4, -0.2) is 37.0 Å². The molecule has 0 radical (unpaired) electrons. The lowest BCUT2D eigenvalue weighted by molar-refractivity contribution is -0.127. The molecule has 6 nitrogen and oxygen atoms in total. The number of hydrogen-bond acceptors (Lipinski definition) is 5. The van der Waals surface area contributed by atoms with Gasteiger partial charge in [0.25, 0.3) is 5.91 Å². The van der Waals surface area contributed by atoms with Crippen molar-refractivity contribution >= 4 is 23.2 Å². The molecule has 1 fully saturated rings. The van der Waals surface area contributed by atoms with Gasteiger partial charge in [0, 0.05) is 12.6 Å². The predicted octanol–water partition coefficient (Wildman–Crippen LogP) is 5.60. The van der Waals surface area contributed by atoms with Crippen LogP contribution in [0.5, 0.6) is 11.5 Å². The monoisotopic (exact) mass is 492 g/mol. The SMILES string of the molecule is COc1cccc(CN(C(=O)c2cccs2)C(C(=O)NC2CCCCC2)c2cccc(OC)c2)c1. The van der Waals surface area contributed by atoms with E-state index in [0.717, 1.165) is 31.2 Å². The summed E-state index contributed by atoms with van der Waals surface area (Å²) in [5.74, 6) is 0.992. The Morgan fingerprint density at radius 3 is 2.37 bits per heavy atom. The lowest BCUT2D eigenvalue weighted by Crippen LogP contribution is -2.46. The van der Waals surface area contributed by atoms with Crippen molar-refractivity contribution in [1.29, 1.82) is 0 Å². The average Bonchev–Trinajstić information content (AvgIpc) is 3.44. The maximum atomic E-state index is 13.9. The normalized spacial score (nSPS) is 14.7. The van der Waals surface area contributed by atoms with Gasteiger partial charge in [-0.1, -0.05) is 49.6 Å². The summed E-state index contributed by atoms with van der Waals surface area (Å²) >= 11 is 1.37. The number of carbonyl (C=O) groups is 2. The Morgan fingerprint density at radius 2 is 1.69 bits per heavy atom. The second-order valence-electron chi connectivity index (χ2n) is 8.78. The summed E-state index contributed by atoms with van der Waals surface area (Å²) in [6, 6.07) is 18.0. The quantitative estimate of drug-likeness (QED) is 0.422. The van der Waals surface area contributed by atoms with E-state index in [1.807, 2.05) is 60.0 Å². The zero-order valence-corrected chi connectivity index (χ0v) is 21.1. The highest BCUT2D eigenvalue weighted by Crippen LogP contribution is 2.30. The summed E-state index contributed by atoms with van der Waals surface area (Å²) in [4.78, 5) is 29.9. The van der Waals surface area contributed by atoms with Gasteiger partial charge in [-0.15, -0.1) is 11.3 Å². The number of benzene rings is 2. The molecule has 1 aromatic heterocycles. The van der Waals surface area contributed by atoms with Crippen LogP contribution in [0.4, 0.5) is 0 Å². The lowest BCUT2D eigenvalue weighted by Gasteiger charge is -2.33. The maximum Gasteiger partial charge on any atom is 0.265 e. The molecule has 2 aromatic carbocycles. The summed E-state index contributed by atoms with van der Waals surface area (Å²) in [5, 5.41) is 5.12. The van der Waals surface area contributed by atoms with Gasteiger partial charge in [-0.2, -0.15) is 0 Å². The number of nitrogens with one attached hydrogen (secondary N) is 1. The van der Waals surface area contributed by atoms with Gasteiger partial charge < -0.3 is 19.7 Å². The van der Waals surface area contributed by atoms with Crippen LogP contribution >= 0.6 is 11.3 Å². The number of hydrogen-bond donors (Lipinski definition) is 1. The molecule has 2 amide bonds. The third kappa shape index (κ3) is 6.22. The average molecular weight is 493 g/mol. The highest BCUT2D eigenvalue weighted by molar-refractivity contribution is 7.12. The van der Waals surface area contributed by atoms with E-state index in [1.54, 1.807) is 25.2 Å². The summed E-state index contributed by atoms with van der Waals surface area (Å²) < 4.78 is 10.8. The first kappa shape index (κ1) is 24.8. The third-order valence-corrected chi connectivity index (χ3v) is 7.26. The van der Waals surface area contributed by atoms with Crippen LogP contribution in [-0.2, 0) is 11.3 Å². The predicted molar refractivity (Wildman–Crippen MR) is 138 cm³/mol. The van der Waals surface area contributed by atoms with Crippen LogP contribution in [0, 0.1) is 0 Å². The number of methoxy groups -OCH3 is 2. The number of nitrogens with zero attached hydrogens (tertiary/aromatic N) is 1. The molecule has 1 aliphatic carbocycles. The molecule has 1 unspecified atom stereocenters. The van der Waals surface area contributed by atoms with Crippen LogP contribution in [0.2, 0.25) is 0 Å². The van der Waals surface area contributed by atoms with Crippen LogP contribution in [0.1, 0.15) is 58.9 Å². The van der Waals surface area contributed by atoms with Crippen molar-refractivity contribution < 1.29 is 19.1 Å². The number of amides is 2.